The second kappa shape index (κ2) is 9.47. The van der Waals surface area contributed by atoms with E-state index in [0.29, 0.717) is 25.3 Å². The standard InChI is InChI=1S/C21H27N5O3/c1-14-8-16(4-5-19(14)29-3)13-26-7-6-22-21(28)18(26)9-20(27)25-12-17-11-23-15(2)10-24-17/h4-5,8,10-11,18H,6-7,9,12-13H2,1-3H3,(H,22,28)(H,25,27). The summed E-state index contributed by atoms with van der Waals surface area (Å²) >= 11 is 0. The number of benzene rings is 1. The summed E-state index contributed by atoms with van der Waals surface area (Å²) in [5.74, 6) is 0.525. The van der Waals surface area contributed by atoms with Gasteiger partial charge in [-0.1, -0.05) is 12.1 Å². The molecule has 1 aromatic heterocycles. The lowest BCUT2D eigenvalue weighted by Gasteiger charge is -2.34. The minimum Gasteiger partial charge on any atom is -0.496 e. The van der Waals surface area contributed by atoms with E-state index in [1.807, 2.05) is 30.9 Å². The van der Waals surface area contributed by atoms with E-state index < -0.39 is 6.04 Å². The molecule has 0 aliphatic carbocycles. The Kier molecular flexibility index (Phi) is 6.77. The quantitative estimate of drug-likeness (QED) is 0.727. The molecule has 0 bridgehead atoms. The fourth-order valence-corrected chi connectivity index (χ4v) is 3.39. The number of nitrogens with zero attached hydrogens (tertiary/aromatic N) is 3. The summed E-state index contributed by atoms with van der Waals surface area (Å²) in [6, 6.07) is 5.47. The van der Waals surface area contributed by atoms with Crippen LogP contribution in [-0.4, -0.2) is 52.9 Å². The third-order valence-electron chi connectivity index (χ3n) is 4.97. The molecule has 1 unspecified atom stereocenters. The van der Waals surface area contributed by atoms with Crippen LogP contribution in [0, 0.1) is 13.8 Å². The van der Waals surface area contributed by atoms with Gasteiger partial charge in [0.25, 0.3) is 0 Å². The van der Waals surface area contributed by atoms with E-state index in [4.69, 9.17) is 4.74 Å². The normalized spacial score (nSPS) is 16.9. The Morgan fingerprint density at radius 1 is 1.31 bits per heavy atom. The van der Waals surface area contributed by atoms with Crippen molar-refractivity contribution in [2.75, 3.05) is 20.2 Å². The number of methoxy groups -OCH3 is 1. The molecule has 0 saturated carbocycles. The summed E-state index contributed by atoms with van der Waals surface area (Å²) in [6.45, 7) is 6.00. The average Bonchev–Trinajstić information content (AvgIpc) is 2.70. The molecule has 8 heteroatoms. The van der Waals surface area contributed by atoms with Crippen molar-refractivity contribution in [3.63, 3.8) is 0 Å². The Hall–Kier alpha value is -3.00. The number of ether oxygens (including phenoxy) is 1. The zero-order chi connectivity index (χ0) is 20.8. The van der Waals surface area contributed by atoms with Crippen LogP contribution < -0.4 is 15.4 Å². The molecule has 1 fully saturated rings. The van der Waals surface area contributed by atoms with E-state index in [0.717, 1.165) is 22.6 Å². The lowest BCUT2D eigenvalue weighted by atomic mass is 10.1. The smallest absolute Gasteiger partial charge is 0.237 e. The topological polar surface area (TPSA) is 96.5 Å². The number of hydrogen-bond donors (Lipinski definition) is 2. The van der Waals surface area contributed by atoms with Crippen LogP contribution in [0.5, 0.6) is 5.75 Å². The maximum absolute atomic E-state index is 12.5. The fourth-order valence-electron chi connectivity index (χ4n) is 3.39. The molecule has 154 valence electrons. The maximum atomic E-state index is 12.5. The van der Waals surface area contributed by atoms with Gasteiger partial charge < -0.3 is 15.4 Å². The Morgan fingerprint density at radius 2 is 2.14 bits per heavy atom. The van der Waals surface area contributed by atoms with Crippen molar-refractivity contribution in [3.05, 3.63) is 53.1 Å². The van der Waals surface area contributed by atoms with Crippen LogP contribution in [0.2, 0.25) is 0 Å². The molecule has 1 saturated heterocycles. The van der Waals surface area contributed by atoms with Crippen LogP contribution >= 0.6 is 0 Å². The maximum Gasteiger partial charge on any atom is 0.237 e. The van der Waals surface area contributed by atoms with Gasteiger partial charge in [-0.05, 0) is 31.0 Å². The molecule has 0 radical (unpaired) electrons. The highest BCUT2D eigenvalue weighted by Crippen LogP contribution is 2.21. The molecular weight excluding hydrogens is 370 g/mol. The van der Waals surface area contributed by atoms with Crippen LogP contribution in [0.25, 0.3) is 0 Å². The van der Waals surface area contributed by atoms with Gasteiger partial charge in [0.15, 0.2) is 0 Å². The number of nitrogens with one attached hydrogen (secondary N) is 2. The van der Waals surface area contributed by atoms with E-state index >= 15 is 0 Å². The first kappa shape index (κ1) is 20.7. The van der Waals surface area contributed by atoms with Gasteiger partial charge in [-0.3, -0.25) is 24.5 Å². The number of hydrogen-bond acceptors (Lipinski definition) is 6. The number of rotatable bonds is 7. The Labute approximate surface area is 170 Å². The predicted octanol–water partition coefficient (Wildman–Crippen LogP) is 1.11. The highest BCUT2D eigenvalue weighted by molar-refractivity contribution is 5.88. The minimum absolute atomic E-state index is 0.0975. The Bertz CT molecular complexity index is 869. The van der Waals surface area contributed by atoms with E-state index in [9.17, 15) is 9.59 Å². The number of carbonyl (C=O) groups excluding carboxylic acids is 2. The van der Waals surface area contributed by atoms with Crippen molar-refractivity contribution < 1.29 is 14.3 Å². The second-order valence-corrected chi connectivity index (χ2v) is 7.21. The summed E-state index contributed by atoms with van der Waals surface area (Å²) in [7, 11) is 1.65. The molecule has 0 spiro atoms. The number of aromatic nitrogens is 2. The molecular formula is C21H27N5O3. The number of carbonyl (C=O) groups is 2. The first-order valence-corrected chi connectivity index (χ1v) is 9.65. The summed E-state index contributed by atoms with van der Waals surface area (Å²) in [6.07, 6.45) is 3.40. The summed E-state index contributed by atoms with van der Waals surface area (Å²) in [4.78, 5) is 35.3. The van der Waals surface area contributed by atoms with Gasteiger partial charge in [0.2, 0.25) is 11.8 Å². The summed E-state index contributed by atoms with van der Waals surface area (Å²) in [5, 5.41) is 5.69. The first-order valence-electron chi connectivity index (χ1n) is 9.65. The van der Waals surface area contributed by atoms with E-state index in [1.54, 1.807) is 19.5 Å². The average molecular weight is 397 g/mol. The van der Waals surface area contributed by atoms with Gasteiger partial charge >= 0.3 is 0 Å². The Balaban J connectivity index is 1.61. The van der Waals surface area contributed by atoms with Crippen molar-refractivity contribution in [2.24, 2.45) is 0 Å². The third-order valence-corrected chi connectivity index (χ3v) is 4.97. The van der Waals surface area contributed by atoms with Crippen LogP contribution in [0.4, 0.5) is 0 Å². The van der Waals surface area contributed by atoms with E-state index in [-0.39, 0.29) is 24.8 Å². The SMILES string of the molecule is COc1ccc(CN2CCNC(=O)C2CC(=O)NCc2cnc(C)cn2)cc1C. The van der Waals surface area contributed by atoms with E-state index in [2.05, 4.69) is 26.7 Å². The molecule has 1 aromatic carbocycles. The molecule has 2 aromatic rings. The number of amides is 2. The molecule has 2 N–H and O–H groups in total. The zero-order valence-electron chi connectivity index (χ0n) is 17.1. The van der Waals surface area contributed by atoms with Crippen LogP contribution in [-0.2, 0) is 22.7 Å². The van der Waals surface area contributed by atoms with Gasteiger partial charge in [0.05, 0.1) is 43.7 Å². The van der Waals surface area contributed by atoms with Crippen molar-refractivity contribution in [2.45, 2.75) is 39.4 Å². The second-order valence-electron chi connectivity index (χ2n) is 7.21. The van der Waals surface area contributed by atoms with Gasteiger partial charge in [-0.2, -0.15) is 0 Å². The monoisotopic (exact) mass is 397 g/mol. The van der Waals surface area contributed by atoms with Crippen LogP contribution in [0.1, 0.15) is 28.9 Å². The number of aryl methyl sites for hydroxylation is 2. The lowest BCUT2D eigenvalue weighted by molar-refractivity contribution is -0.134. The van der Waals surface area contributed by atoms with Gasteiger partial charge in [-0.15, -0.1) is 0 Å². The minimum atomic E-state index is -0.504. The molecule has 29 heavy (non-hydrogen) atoms. The summed E-state index contributed by atoms with van der Waals surface area (Å²) in [5.41, 5.74) is 3.63. The van der Waals surface area contributed by atoms with Crippen LogP contribution in [0.15, 0.2) is 30.6 Å². The molecule has 1 aliphatic heterocycles. The third kappa shape index (κ3) is 5.51. The fraction of sp³-hybridized carbons (Fsp3) is 0.429. The molecule has 2 amide bonds. The number of piperazine rings is 1. The highest BCUT2D eigenvalue weighted by Gasteiger charge is 2.31. The predicted molar refractivity (Wildman–Crippen MR) is 108 cm³/mol. The van der Waals surface area contributed by atoms with Crippen molar-refractivity contribution in [3.8, 4) is 5.75 Å². The van der Waals surface area contributed by atoms with Gasteiger partial charge in [-0.25, -0.2) is 0 Å². The van der Waals surface area contributed by atoms with Gasteiger partial charge in [0.1, 0.15) is 5.75 Å². The lowest BCUT2D eigenvalue weighted by Crippen LogP contribution is -2.56. The largest absolute Gasteiger partial charge is 0.496 e. The van der Waals surface area contributed by atoms with Crippen LogP contribution in [0.3, 0.4) is 0 Å². The molecule has 1 aliphatic rings. The van der Waals surface area contributed by atoms with Gasteiger partial charge in [0, 0.05) is 25.8 Å². The summed E-state index contributed by atoms with van der Waals surface area (Å²) < 4.78 is 5.31. The van der Waals surface area contributed by atoms with E-state index in [1.165, 1.54) is 0 Å². The first-order chi connectivity index (χ1) is 14.0. The zero-order valence-corrected chi connectivity index (χ0v) is 17.1. The highest BCUT2D eigenvalue weighted by atomic mass is 16.5. The molecule has 3 rings (SSSR count). The molecule has 2 heterocycles. The van der Waals surface area contributed by atoms with Crippen molar-refractivity contribution >= 4 is 11.8 Å². The molecule has 1 atom stereocenters. The Morgan fingerprint density at radius 3 is 2.83 bits per heavy atom. The molecule has 8 nitrogen and oxygen atoms in total. The van der Waals surface area contributed by atoms with Crippen molar-refractivity contribution in [1.29, 1.82) is 0 Å². The van der Waals surface area contributed by atoms with Crippen molar-refractivity contribution in [1.82, 2.24) is 25.5 Å².